The Bertz CT molecular complexity index is 3280. The fraction of sp³-hybridized carbons (Fsp3) is 0. The molecule has 3 heteroatoms. The first kappa shape index (κ1) is 33.6. The van der Waals surface area contributed by atoms with Crippen molar-refractivity contribution in [2.75, 3.05) is 4.90 Å². The summed E-state index contributed by atoms with van der Waals surface area (Å²) in [5.41, 5.74) is 12.8. The summed E-state index contributed by atoms with van der Waals surface area (Å²) in [6.45, 7) is 0. The number of aromatic nitrogens is 1. The fourth-order valence-electron chi connectivity index (χ4n) is 8.37. The topological polar surface area (TPSA) is 29.3 Å². The highest BCUT2D eigenvalue weighted by atomic mass is 16.3. The molecule has 0 aliphatic rings. The second kappa shape index (κ2) is 14.1. The largest absolute Gasteiger partial charge is 0.436 e. The summed E-state index contributed by atoms with van der Waals surface area (Å²) in [7, 11) is 0. The van der Waals surface area contributed by atoms with Gasteiger partial charge in [0.2, 0.25) is 5.89 Å². The highest BCUT2D eigenvalue weighted by Gasteiger charge is 2.21. The first-order chi connectivity index (χ1) is 28.7. The van der Waals surface area contributed by atoms with E-state index in [-0.39, 0.29) is 0 Å². The number of hydrogen-bond acceptors (Lipinski definition) is 3. The number of oxazole rings is 1. The molecule has 0 saturated carbocycles. The average molecular weight is 741 g/mol. The van der Waals surface area contributed by atoms with E-state index in [9.17, 15) is 0 Å². The number of nitrogens with zero attached hydrogens (tertiary/aromatic N) is 2. The molecule has 11 aromatic rings. The molecule has 1 aromatic heterocycles. The van der Waals surface area contributed by atoms with Crippen molar-refractivity contribution in [3.8, 4) is 44.8 Å². The van der Waals surface area contributed by atoms with E-state index in [1.54, 1.807) is 0 Å². The standard InChI is InChI=1S/C55H36N2O/c1-3-12-37(13-4-1)40-26-28-46(29-27-40)57(47-30-31-48(51(36-47)41-16-5-2-6-17-41)44-24-22-38-14-7-9-18-42(38)34-44)52-21-11-20-50-49(52)32-33-53-54(50)56-55(58-53)45-25-23-39-15-8-10-19-43(39)35-45/h1-36H. The highest BCUT2D eigenvalue weighted by molar-refractivity contribution is 6.11. The number of hydrogen-bond donors (Lipinski definition) is 0. The maximum absolute atomic E-state index is 6.46. The molecule has 1 heterocycles. The highest BCUT2D eigenvalue weighted by Crippen LogP contribution is 2.45. The van der Waals surface area contributed by atoms with Crippen molar-refractivity contribution in [2.45, 2.75) is 0 Å². The van der Waals surface area contributed by atoms with E-state index < -0.39 is 0 Å². The van der Waals surface area contributed by atoms with Gasteiger partial charge in [0, 0.05) is 27.7 Å². The Morgan fingerprint density at radius 1 is 0.345 bits per heavy atom. The van der Waals surface area contributed by atoms with Crippen molar-refractivity contribution >= 4 is 60.5 Å². The molecule has 0 N–H and O–H groups in total. The van der Waals surface area contributed by atoms with E-state index in [0.717, 1.165) is 55.4 Å². The first-order valence-corrected chi connectivity index (χ1v) is 19.7. The minimum Gasteiger partial charge on any atom is -0.436 e. The van der Waals surface area contributed by atoms with Crippen LogP contribution in [0.1, 0.15) is 0 Å². The van der Waals surface area contributed by atoms with Crippen molar-refractivity contribution in [3.63, 3.8) is 0 Å². The predicted molar refractivity (Wildman–Crippen MR) is 243 cm³/mol. The van der Waals surface area contributed by atoms with Gasteiger partial charge in [0.05, 0.1) is 5.69 Å². The lowest BCUT2D eigenvalue weighted by Gasteiger charge is -2.28. The molecule has 58 heavy (non-hydrogen) atoms. The third-order valence-corrected chi connectivity index (χ3v) is 11.3. The smallest absolute Gasteiger partial charge is 0.227 e. The van der Waals surface area contributed by atoms with E-state index in [4.69, 9.17) is 9.40 Å². The molecule has 11 rings (SSSR count). The lowest BCUT2D eigenvalue weighted by atomic mass is 9.92. The molecule has 0 atom stereocenters. The SMILES string of the molecule is c1ccc(-c2ccc(N(c3ccc(-c4ccc5ccccc5c4)c(-c4ccccc4)c3)c3cccc4c3ccc3oc(-c5ccc6ccccc6c5)nc34)cc2)cc1. The summed E-state index contributed by atoms with van der Waals surface area (Å²) in [4.78, 5) is 7.52. The Morgan fingerprint density at radius 3 is 1.66 bits per heavy atom. The Kier molecular flexibility index (Phi) is 8.15. The molecule has 0 unspecified atom stereocenters. The molecule has 0 bridgehead atoms. The zero-order valence-corrected chi connectivity index (χ0v) is 31.6. The Balaban J connectivity index is 1.10. The van der Waals surface area contributed by atoms with Crippen LogP contribution >= 0.6 is 0 Å². The van der Waals surface area contributed by atoms with Crippen LogP contribution in [0.25, 0.3) is 88.3 Å². The van der Waals surface area contributed by atoms with Crippen LogP contribution < -0.4 is 4.90 Å². The van der Waals surface area contributed by atoms with Gasteiger partial charge in [-0.3, -0.25) is 0 Å². The number of anilines is 3. The average Bonchev–Trinajstić information content (AvgIpc) is 3.75. The van der Waals surface area contributed by atoms with Crippen LogP contribution in [0.4, 0.5) is 17.1 Å². The maximum Gasteiger partial charge on any atom is 0.227 e. The van der Waals surface area contributed by atoms with Gasteiger partial charge in [-0.15, -0.1) is 0 Å². The zero-order chi connectivity index (χ0) is 38.4. The minimum absolute atomic E-state index is 0.615. The lowest BCUT2D eigenvalue weighted by molar-refractivity contribution is 0.620. The van der Waals surface area contributed by atoms with E-state index >= 15 is 0 Å². The molecule has 0 radical (unpaired) electrons. The van der Waals surface area contributed by atoms with Crippen molar-refractivity contribution in [1.29, 1.82) is 0 Å². The van der Waals surface area contributed by atoms with Crippen LogP contribution in [0.5, 0.6) is 0 Å². The summed E-state index contributed by atoms with van der Waals surface area (Å²) in [6.07, 6.45) is 0. The van der Waals surface area contributed by atoms with Gasteiger partial charge in [0.25, 0.3) is 0 Å². The van der Waals surface area contributed by atoms with Gasteiger partial charge in [0.1, 0.15) is 5.52 Å². The van der Waals surface area contributed by atoms with Crippen molar-refractivity contribution in [3.05, 3.63) is 218 Å². The summed E-state index contributed by atoms with van der Waals surface area (Å²) in [5, 5.41) is 6.92. The van der Waals surface area contributed by atoms with E-state index in [1.165, 1.54) is 44.0 Å². The maximum atomic E-state index is 6.46. The Labute approximate surface area is 336 Å². The lowest BCUT2D eigenvalue weighted by Crippen LogP contribution is -2.11. The molecule has 0 aliphatic heterocycles. The van der Waals surface area contributed by atoms with Gasteiger partial charge >= 0.3 is 0 Å². The quantitative estimate of drug-likeness (QED) is 0.163. The zero-order valence-electron chi connectivity index (χ0n) is 31.6. The fourth-order valence-corrected chi connectivity index (χ4v) is 8.37. The minimum atomic E-state index is 0.615. The second-order valence-electron chi connectivity index (χ2n) is 14.8. The molecular formula is C55H36N2O. The summed E-state index contributed by atoms with van der Waals surface area (Å²) < 4.78 is 6.46. The second-order valence-corrected chi connectivity index (χ2v) is 14.8. The third kappa shape index (κ3) is 5.98. The molecular weight excluding hydrogens is 705 g/mol. The molecule has 0 aliphatic carbocycles. The predicted octanol–water partition coefficient (Wildman–Crippen LogP) is 15.4. The van der Waals surface area contributed by atoms with Crippen molar-refractivity contribution in [2.24, 2.45) is 0 Å². The van der Waals surface area contributed by atoms with Crippen LogP contribution in [-0.2, 0) is 0 Å². The molecule has 0 fully saturated rings. The number of rotatable bonds is 7. The van der Waals surface area contributed by atoms with Crippen LogP contribution in [0.3, 0.4) is 0 Å². The third-order valence-electron chi connectivity index (χ3n) is 11.3. The van der Waals surface area contributed by atoms with Crippen LogP contribution in [0.2, 0.25) is 0 Å². The van der Waals surface area contributed by atoms with Gasteiger partial charge in [-0.1, -0.05) is 158 Å². The van der Waals surface area contributed by atoms with Gasteiger partial charge in [-0.05, 0) is 116 Å². The van der Waals surface area contributed by atoms with Gasteiger partial charge in [-0.25, -0.2) is 4.98 Å². The van der Waals surface area contributed by atoms with Gasteiger partial charge in [0.15, 0.2) is 5.58 Å². The number of fused-ring (bicyclic) bond motifs is 5. The van der Waals surface area contributed by atoms with Crippen molar-refractivity contribution in [1.82, 2.24) is 4.98 Å². The van der Waals surface area contributed by atoms with E-state index in [1.807, 2.05) is 0 Å². The summed E-state index contributed by atoms with van der Waals surface area (Å²) >= 11 is 0. The Morgan fingerprint density at radius 2 is 0.931 bits per heavy atom. The van der Waals surface area contributed by atoms with Gasteiger partial charge < -0.3 is 9.32 Å². The van der Waals surface area contributed by atoms with Crippen LogP contribution in [0.15, 0.2) is 223 Å². The normalized spacial score (nSPS) is 11.4. The van der Waals surface area contributed by atoms with E-state index in [2.05, 4.69) is 223 Å². The molecule has 10 aromatic carbocycles. The van der Waals surface area contributed by atoms with Crippen molar-refractivity contribution < 1.29 is 4.42 Å². The molecule has 3 nitrogen and oxygen atoms in total. The summed E-state index contributed by atoms with van der Waals surface area (Å²) in [6, 6.07) is 77.9. The van der Waals surface area contributed by atoms with Crippen LogP contribution in [0, 0.1) is 0 Å². The molecule has 0 amide bonds. The number of benzene rings is 10. The molecule has 0 saturated heterocycles. The summed E-state index contributed by atoms with van der Waals surface area (Å²) in [5.74, 6) is 0.615. The van der Waals surface area contributed by atoms with Gasteiger partial charge in [-0.2, -0.15) is 0 Å². The monoisotopic (exact) mass is 740 g/mol. The molecule has 0 spiro atoms. The van der Waals surface area contributed by atoms with E-state index in [0.29, 0.717) is 5.89 Å². The Hall–Kier alpha value is -7.75. The van der Waals surface area contributed by atoms with Crippen LogP contribution in [-0.4, -0.2) is 4.98 Å². The molecule has 272 valence electrons. The first-order valence-electron chi connectivity index (χ1n) is 19.7.